The third-order valence-electron chi connectivity index (χ3n) is 2.25. The summed E-state index contributed by atoms with van der Waals surface area (Å²) in [6, 6.07) is -0.708. The molecule has 0 bridgehead atoms. The van der Waals surface area contributed by atoms with E-state index in [9.17, 15) is 15.0 Å². The second-order valence-corrected chi connectivity index (χ2v) is 4.41. The van der Waals surface area contributed by atoms with Crippen molar-refractivity contribution in [3.63, 3.8) is 0 Å². The maximum atomic E-state index is 10.8. The fourth-order valence-corrected chi connectivity index (χ4v) is 2.25. The summed E-state index contributed by atoms with van der Waals surface area (Å²) in [5, 5.41) is 30.0. The number of carbonyl (C=O) groups is 1. The molecule has 1 radical (unpaired) electrons. The number of amides is 1. The molecule has 4 N–H and O–H groups in total. The predicted molar refractivity (Wildman–Crippen MR) is 51.1 cm³/mol. The zero-order valence-corrected chi connectivity index (χ0v) is 9.87. The summed E-state index contributed by atoms with van der Waals surface area (Å²) < 4.78 is 5.20. The molecule has 0 aromatic carbocycles. The van der Waals surface area contributed by atoms with Gasteiger partial charge in [-0.15, -0.1) is 0 Å². The fourth-order valence-electron chi connectivity index (χ4n) is 1.47. The summed E-state index contributed by atoms with van der Waals surface area (Å²) in [4.78, 5) is 10.8. The second kappa shape index (κ2) is 5.25. The monoisotopic (exact) mass is 284 g/mol. The van der Waals surface area contributed by atoms with Gasteiger partial charge in [0.15, 0.2) is 0 Å². The fraction of sp³-hybridized carbons (Fsp3) is 0.875. The molecule has 0 aromatic rings. The maximum absolute atomic E-state index is 10.8. The Morgan fingerprint density at radius 2 is 2.07 bits per heavy atom. The molecule has 6 nitrogen and oxygen atoms in total. The SMILES string of the molecule is CC(=O)N[C@@H]1[C@@H](O)[C@H](O)[C@@H](CO)O[C@H]1[Se]. The van der Waals surface area contributed by atoms with E-state index in [0.717, 1.165) is 0 Å². The summed E-state index contributed by atoms with van der Waals surface area (Å²) >= 11 is 2.63. The molecule has 0 aromatic heterocycles. The van der Waals surface area contributed by atoms with Crippen molar-refractivity contribution >= 4 is 21.9 Å². The van der Waals surface area contributed by atoms with Crippen LogP contribution in [0.25, 0.3) is 0 Å². The van der Waals surface area contributed by atoms with Crippen LogP contribution in [0.3, 0.4) is 0 Å². The molecule has 1 aliphatic heterocycles. The average molecular weight is 283 g/mol. The zero-order valence-electron chi connectivity index (χ0n) is 8.16. The van der Waals surface area contributed by atoms with Crippen molar-refractivity contribution in [2.45, 2.75) is 36.3 Å². The molecule has 0 unspecified atom stereocenters. The molecule has 0 saturated carbocycles. The number of aliphatic hydroxyl groups excluding tert-OH is 3. The number of ether oxygens (including phenoxy) is 1. The van der Waals surface area contributed by atoms with E-state index in [2.05, 4.69) is 21.3 Å². The van der Waals surface area contributed by atoms with E-state index < -0.39 is 29.4 Å². The molecule has 7 heteroatoms. The van der Waals surface area contributed by atoms with Gasteiger partial charge >= 0.3 is 95.0 Å². The third-order valence-corrected chi connectivity index (χ3v) is 3.10. The molecular formula is C8H14NO5Se. The standard InChI is InChI=1S/C8H14NO5Se/c1-3(11)9-5-7(13)6(12)4(2-10)14-8(5)15/h4-8,10,12-13H,2H2,1H3,(H,9,11)/t4-,5-,6-,7-,8+/m1/s1. The van der Waals surface area contributed by atoms with Crippen LogP contribution in [-0.2, 0) is 9.53 Å². The molecule has 15 heavy (non-hydrogen) atoms. The Bertz CT molecular complexity index is 239. The third kappa shape index (κ3) is 2.90. The number of aliphatic hydroxyl groups is 3. The molecule has 0 aliphatic carbocycles. The Morgan fingerprint density at radius 3 is 2.53 bits per heavy atom. The first-order chi connectivity index (χ1) is 6.97. The Kier molecular flexibility index (Phi) is 4.51. The molecule has 1 saturated heterocycles. The van der Waals surface area contributed by atoms with Crippen LogP contribution in [-0.4, -0.2) is 73.2 Å². The number of rotatable bonds is 2. The van der Waals surface area contributed by atoms with Gasteiger partial charge in [-0.1, -0.05) is 0 Å². The molecule has 1 rings (SSSR count). The van der Waals surface area contributed by atoms with Crippen LogP contribution in [0.1, 0.15) is 6.92 Å². The van der Waals surface area contributed by atoms with Gasteiger partial charge in [0.25, 0.3) is 0 Å². The first kappa shape index (κ1) is 12.9. The van der Waals surface area contributed by atoms with E-state index in [1.165, 1.54) is 6.92 Å². The van der Waals surface area contributed by atoms with Crippen LogP contribution in [0, 0.1) is 0 Å². The summed E-state index contributed by atoms with van der Waals surface area (Å²) in [7, 11) is 0. The van der Waals surface area contributed by atoms with Gasteiger partial charge in [0.1, 0.15) is 0 Å². The molecule has 1 fully saturated rings. The second-order valence-electron chi connectivity index (χ2n) is 3.43. The van der Waals surface area contributed by atoms with Crippen molar-refractivity contribution in [2.24, 2.45) is 0 Å². The topological polar surface area (TPSA) is 99.0 Å². The molecule has 87 valence electrons. The molecule has 1 heterocycles. The van der Waals surface area contributed by atoms with E-state index in [0.29, 0.717) is 0 Å². The van der Waals surface area contributed by atoms with Gasteiger partial charge in [0.2, 0.25) is 0 Å². The number of carbonyl (C=O) groups excluding carboxylic acids is 1. The van der Waals surface area contributed by atoms with Crippen LogP contribution >= 0.6 is 0 Å². The Morgan fingerprint density at radius 1 is 1.47 bits per heavy atom. The predicted octanol–water partition coefficient (Wildman–Crippen LogP) is -2.90. The van der Waals surface area contributed by atoms with Crippen molar-refractivity contribution in [1.29, 1.82) is 0 Å². The van der Waals surface area contributed by atoms with Gasteiger partial charge < -0.3 is 0 Å². The zero-order chi connectivity index (χ0) is 11.6. The Labute approximate surface area is 95.4 Å². The summed E-state index contributed by atoms with van der Waals surface area (Å²) in [6.07, 6.45) is -3.21. The first-order valence-corrected chi connectivity index (χ1v) is 5.51. The van der Waals surface area contributed by atoms with Gasteiger partial charge in [-0.25, -0.2) is 0 Å². The Balaban J connectivity index is 2.70. The van der Waals surface area contributed by atoms with Crippen molar-refractivity contribution in [3.8, 4) is 0 Å². The minimum absolute atomic E-state index is 0.322. The molecule has 5 atom stereocenters. The minimum atomic E-state index is -1.21. The van der Waals surface area contributed by atoms with Crippen molar-refractivity contribution < 1.29 is 24.9 Å². The average Bonchev–Trinajstić information content (AvgIpc) is 2.18. The number of nitrogens with one attached hydrogen (secondary N) is 1. The quantitative estimate of drug-likeness (QED) is 0.407. The molecule has 1 amide bonds. The van der Waals surface area contributed by atoms with E-state index in [4.69, 9.17) is 9.84 Å². The van der Waals surface area contributed by atoms with Crippen LogP contribution in [0.2, 0.25) is 0 Å². The summed E-state index contributed by atoms with van der Waals surface area (Å²) in [6.45, 7) is 0.924. The van der Waals surface area contributed by atoms with Gasteiger partial charge in [0, 0.05) is 0 Å². The summed E-state index contributed by atoms with van der Waals surface area (Å²) in [5.41, 5.74) is 0. The first-order valence-electron chi connectivity index (χ1n) is 4.52. The van der Waals surface area contributed by atoms with Crippen LogP contribution < -0.4 is 5.32 Å². The van der Waals surface area contributed by atoms with E-state index >= 15 is 0 Å². The van der Waals surface area contributed by atoms with Gasteiger partial charge in [0.05, 0.1) is 0 Å². The molecular weight excluding hydrogens is 269 g/mol. The van der Waals surface area contributed by atoms with Crippen molar-refractivity contribution in [3.05, 3.63) is 0 Å². The molecule has 0 spiro atoms. The molecule has 1 aliphatic rings. The Hall–Kier alpha value is -0.171. The van der Waals surface area contributed by atoms with E-state index in [-0.39, 0.29) is 12.5 Å². The van der Waals surface area contributed by atoms with Crippen molar-refractivity contribution in [1.82, 2.24) is 5.32 Å². The van der Waals surface area contributed by atoms with E-state index in [1.807, 2.05) is 0 Å². The van der Waals surface area contributed by atoms with Crippen LogP contribution in [0.15, 0.2) is 0 Å². The van der Waals surface area contributed by atoms with Gasteiger partial charge in [-0.2, -0.15) is 0 Å². The van der Waals surface area contributed by atoms with Crippen LogP contribution in [0.5, 0.6) is 0 Å². The van der Waals surface area contributed by atoms with Crippen molar-refractivity contribution in [2.75, 3.05) is 6.61 Å². The number of hydrogen-bond donors (Lipinski definition) is 4. The van der Waals surface area contributed by atoms with Crippen LogP contribution in [0.4, 0.5) is 0 Å². The summed E-state index contributed by atoms with van der Waals surface area (Å²) in [5.74, 6) is -0.322. The van der Waals surface area contributed by atoms with E-state index in [1.54, 1.807) is 0 Å². The van der Waals surface area contributed by atoms with Gasteiger partial charge in [-0.05, 0) is 0 Å². The van der Waals surface area contributed by atoms with Gasteiger partial charge in [-0.3, -0.25) is 0 Å². The normalized spacial score (nSPS) is 41.3. The number of hydrogen-bond acceptors (Lipinski definition) is 5.